The zero-order valence-electron chi connectivity index (χ0n) is 16.6. The molecule has 1 saturated carbocycles. The van der Waals surface area contributed by atoms with Gasteiger partial charge in [0, 0.05) is 5.69 Å². The summed E-state index contributed by atoms with van der Waals surface area (Å²) >= 11 is 1.72. The molecule has 0 N–H and O–H groups in total. The number of thioether (sulfide) groups is 1. The van der Waals surface area contributed by atoms with Gasteiger partial charge in [0.1, 0.15) is 5.54 Å². The molecule has 4 rings (SSSR count). The Labute approximate surface area is 166 Å². The average molecular weight is 378 g/mol. The molecule has 2 aromatic rings. The minimum Gasteiger partial charge on any atom is -0.307 e. The van der Waals surface area contributed by atoms with Crippen molar-refractivity contribution in [3.63, 3.8) is 0 Å². The van der Waals surface area contributed by atoms with Crippen LogP contribution in [0, 0.1) is 20.8 Å². The molecule has 1 spiro atoms. The van der Waals surface area contributed by atoms with Crippen molar-refractivity contribution in [1.82, 2.24) is 0 Å². The Morgan fingerprint density at radius 3 is 2.19 bits per heavy atom. The zero-order valence-corrected chi connectivity index (χ0v) is 17.4. The van der Waals surface area contributed by atoms with Gasteiger partial charge in [-0.15, -0.1) is 0 Å². The Hall–Kier alpha value is -2.07. The second kappa shape index (κ2) is 7.16. The second-order valence-corrected chi connectivity index (χ2v) is 8.46. The number of aryl methyl sites for hydroxylation is 3. The third-order valence-electron chi connectivity index (χ3n) is 5.80. The van der Waals surface area contributed by atoms with E-state index in [0.29, 0.717) is 0 Å². The number of nitrogens with zero attached hydrogens (tertiary/aromatic N) is 3. The lowest BCUT2D eigenvalue weighted by molar-refractivity contribution is 0.592. The summed E-state index contributed by atoms with van der Waals surface area (Å²) in [6.45, 7) is 6.41. The molecule has 3 nitrogen and oxygen atoms in total. The smallest absolute Gasteiger partial charge is 0.170 e. The summed E-state index contributed by atoms with van der Waals surface area (Å²) in [5.74, 6) is 0.988. The van der Waals surface area contributed by atoms with E-state index >= 15 is 0 Å². The molecule has 27 heavy (non-hydrogen) atoms. The highest BCUT2D eigenvalue weighted by molar-refractivity contribution is 8.13. The van der Waals surface area contributed by atoms with Gasteiger partial charge in [0.25, 0.3) is 0 Å². The maximum Gasteiger partial charge on any atom is 0.170 e. The predicted molar refractivity (Wildman–Crippen MR) is 119 cm³/mol. The van der Waals surface area contributed by atoms with E-state index < -0.39 is 0 Å². The first kappa shape index (κ1) is 18.3. The van der Waals surface area contributed by atoms with Gasteiger partial charge >= 0.3 is 0 Å². The minimum absolute atomic E-state index is 0.109. The molecular formula is C23H27N3S. The first-order valence-electron chi connectivity index (χ1n) is 9.70. The van der Waals surface area contributed by atoms with Crippen molar-refractivity contribution in [3.05, 3.63) is 59.2 Å². The van der Waals surface area contributed by atoms with Crippen LogP contribution < -0.4 is 4.90 Å². The number of aliphatic imine (C=N–C) groups is 2. The van der Waals surface area contributed by atoms with E-state index in [1.54, 1.807) is 11.8 Å². The van der Waals surface area contributed by atoms with Crippen LogP contribution in [-0.2, 0) is 0 Å². The highest BCUT2D eigenvalue weighted by Gasteiger charge is 2.50. The highest BCUT2D eigenvalue weighted by Crippen LogP contribution is 2.45. The molecule has 0 radical (unpaired) electrons. The van der Waals surface area contributed by atoms with Gasteiger partial charge in [-0.25, -0.2) is 9.98 Å². The number of amidine groups is 2. The first-order chi connectivity index (χ1) is 13.0. The number of anilines is 1. The molecule has 2 aliphatic rings. The molecule has 0 bridgehead atoms. The van der Waals surface area contributed by atoms with E-state index in [0.717, 1.165) is 29.5 Å². The van der Waals surface area contributed by atoms with Gasteiger partial charge in [0.15, 0.2) is 11.0 Å². The maximum atomic E-state index is 5.16. The summed E-state index contributed by atoms with van der Waals surface area (Å²) in [5.41, 5.74) is 5.90. The minimum atomic E-state index is -0.109. The Kier molecular flexibility index (Phi) is 4.85. The Bertz CT molecular complexity index is 885. The molecule has 2 aromatic carbocycles. The van der Waals surface area contributed by atoms with Crippen molar-refractivity contribution in [2.75, 3.05) is 11.2 Å². The molecule has 0 saturated heterocycles. The van der Waals surface area contributed by atoms with Crippen molar-refractivity contribution in [2.45, 2.75) is 52.0 Å². The third kappa shape index (κ3) is 3.10. The normalized spacial score (nSPS) is 19.9. The fourth-order valence-corrected chi connectivity index (χ4v) is 4.98. The van der Waals surface area contributed by atoms with Crippen LogP contribution in [-0.4, -0.2) is 22.8 Å². The van der Waals surface area contributed by atoms with Gasteiger partial charge in [-0.05, 0) is 63.1 Å². The second-order valence-electron chi connectivity index (χ2n) is 7.68. The molecule has 0 atom stereocenters. The maximum absolute atomic E-state index is 5.16. The van der Waals surface area contributed by atoms with Gasteiger partial charge in [-0.3, -0.25) is 0 Å². The van der Waals surface area contributed by atoms with E-state index in [1.165, 1.54) is 35.2 Å². The number of rotatable bonds is 2. The Balaban J connectivity index is 1.86. The van der Waals surface area contributed by atoms with Crippen molar-refractivity contribution < 1.29 is 0 Å². The van der Waals surface area contributed by atoms with Crippen LogP contribution in [0.3, 0.4) is 0 Å². The fraction of sp³-hybridized carbons (Fsp3) is 0.391. The zero-order chi connectivity index (χ0) is 19.0. The van der Waals surface area contributed by atoms with Crippen LogP contribution in [0.5, 0.6) is 0 Å². The van der Waals surface area contributed by atoms with Crippen LogP contribution in [0.4, 0.5) is 11.4 Å². The van der Waals surface area contributed by atoms with Gasteiger partial charge in [-0.2, -0.15) is 0 Å². The number of benzene rings is 2. The van der Waals surface area contributed by atoms with Crippen LogP contribution in [0.15, 0.2) is 52.4 Å². The summed E-state index contributed by atoms with van der Waals surface area (Å²) in [6, 6.07) is 15.2. The van der Waals surface area contributed by atoms with Gasteiger partial charge in [0.05, 0.1) is 5.69 Å². The standard InChI is InChI=1S/C23H27N3S/c1-16-10-12-19(13-11-16)26-22(27-4)25-21(23(26)14-5-6-15-23)24-20-17(2)8-7-9-18(20)3/h7-13H,5-6,14-15H2,1-4H3. The SMILES string of the molecule is CSC1=NC(=Nc2c(C)cccc2C)C2(CCCC2)N1c1ccc(C)cc1. The largest absolute Gasteiger partial charge is 0.307 e. The molecular weight excluding hydrogens is 350 g/mol. The number of hydrogen-bond donors (Lipinski definition) is 0. The van der Waals surface area contributed by atoms with Gasteiger partial charge < -0.3 is 4.90 Å². The van der Waals surface area contributed by atoms with E-state index in [9.17, 15) is 0 Å². The Morgan fingerprint density at radius 2 is 1.59 bits per heavy atom. The third-order valence-corrected chi connectivity index (χ3v) is 6.44. The van der Waals surface area contributed by atoms with Crippen molar-refractivity contribution >= 4 is 34.1 Å². The molecule has 1 aliphatic carbocycles. The summed E-state index contributed by atoms with van der Waals surface area (Å²) in [5, 5.41) is 1.06. The summed E-state index contributed by atoms with van der Waals surface area (Å²) in [6.07, 6.45) is 6.79. The van der Waals surface area contributed by atoms with Gasteiger partial charge in [0.2, 0.25) is 0 Å². The van der Waals surface area contributed by atoms with Crippen molar-refractivity contribution in [2.24, 2.45) is 9.98 Å². The van der Waals surface area contributed by atoms with Crippen molar-refractivity contribution in [1.29, 1.82) is 0 Å². The van der Waals surface area contributed by atoms with Gasteiger partial charge in [-0.1, -0.05) is 60.5 Å². The topological polar surface area (TPSA) is 28.0 Å². The molecule has 140 valence electrons. The van der Waals surface area contributed by atoms with Crippen molar-refractivity contribution in [3.8, 4) is 0 Å². The monoisotopic (exact) mass is 377 g/mol. The number of hydrogen-bond acceptors (Lipinski definition) is 3. The Morgan fingerprint density at radius 1 is 0.963 bits per heavy atom. The van der Waals surface area contributed by atoms with E-state index in [1.807, 2.05) is 0 Å². The molecule has 0 unspecified atom stereocenters. The molecule has 0 aromatic heterocycles. The van der Waals surface area contributed by atoms with Crippen LogP contribution in [0.25, 0.3) is 0 Å². The lowest BCUT2D eigenvalue weighted by Gasteiger charge is -2.36. The first-order valence-corrected chi connectivity index (χ1v) is 10.9. The van der Waals surface area contributed by atoms with Crippen LogP contribution in [0.1, 0.15) is 42.4 Å². The lowest BCUT2D eigenvalue weighted by Crippen LogP contribution is -2.49. The summed E-state index contributed by atoms with van der Waals surface area (Å²) in [7, 11) is 0. The van der Waals surface area contributed by atoms with Crippen LogP contribution >= 0.6 is 11.8 Å². The molecule has 1 fully saturated rings. The number of para-hydroxylation sites is 1. The summed E-state index contributed by atoms with van der Waals surface area (Å²) < 4.78 is 0. The molecule has 0 amide bonds. The highest BCUT2D eigenvalue weighted by atomic mass is 32.2. The molecule has 4 heteroatoms. The van der Waals surface area contributed by atoms with E-state index in [2.05, 4.69) is 74.4 Å². The molecule has 1 aliphatic heterocycles. The average Bonchev–Trinajstić information content (AvgIpc) is 3.25. The summed E-state index contributed by atoms with van der Waals surface area (Å²) in [4.78, 5) is 12.7. The van der Waals surface area contributed by atoms with E-state index in [4.69, 9.17) is 9.98 Å². The quantitative estimate of drug-likeness (QED) is 0.624. The lowest BCUT2D eigenvalue weighted by atomic mass is 9.94. The predicted octanol–water partition coefficient (Wildman–Crippen LogP) is 6.19. The van der Waals surface area contributed by atoms with E-state index in [-0.39, 0.29) is 5.54 Å². The van der Waals surface area contributed by atoms with Crippen LogP contribution in [0.2, 0.25) is 0 Å². The fourth-order valence-electron chi connectivity index (χ4n) is 4.34. The molecule has 1 heterocycles.